The molecule has 0 aliphatic heterocycles. The van der Waals surface area contributed by atoms with Crippen molar-refractivity contribution in [2.24, 2.45) is 0 Å². The molecule has 54 valence electrons. The molecule has 0 aliphatic rings. The van der Waals surface area contributed by atoms with Crippen LogP contribution in [0.5, 0.6) is 0 Å². The van der Waals surface area contributed by atoms with Crippen LogP contribution in [0.1, 0.15) is 12.5 Å². The molecular formula is C9H12S. The molecule has 0 saturated carbocycles. The van der Waals surface area contributed by atoms with Gasteiger partial charge in [-0.15, -0.1) is 11.8 Å². The van der Waals surface area contributed by atoms with Crippen LogP contribution in [-0.2, 0) is 6.42 Å². The van der Waals surface area contributed by atoms with Gasteiger partial charge in [-0.25, -0.2) is 0 Å². The van der Waals surface area contributed by atoms with E-state index in [-0.39, 0.29) is 0 Å². The molecule has 0 unspecified atom stereocenters. The van der Waals surface area contributed by atoms with Crippen molar-refractivity contribution < 1.29 is 0 Å². The van der Waals surface area contributed by atoms with Crippen molar-refractivity contribution in [3.05, 3.63) is 29.8 Å². The zero-order valence-electron chi connectivity index (χ0n) is 6.42. The molecule has 0 atom stereocenters. The molecule has 0 N–H and O–H groups in total. The van der Waals surface area contributed by atoms with Gasteiger partial charge < -0.3 is 0 Å². The lowest BCUT2D eigenvalue weighted by atomic mass is 10.2. The molecular weight excluding hydrogens is 140 g/mol. The first-order valence-electron chi connectivity index (χ1n) is 3.50. The molecule has 0 amide bonds. The van der Waals surface area contributed by atoms with Crippen molar-refractivity contribution in [2.45, 2.75) is 18.2 Å². The summed E-state index contributed by atoms with van der Waals surface area (Å²) in [5.74, 6) is 0. The van der Waals surface area contributed by atoms with Gasteiger partial charge in [0.2, 0.25) is 0 Å². The van der Waals surface area contributed by atoms with Crippen molar-refractivity contribution in [3.63, 3.8) is 0 Å². The Labute approximate surface area is 66.6 Å². The predicted molar refractivity (Wildman–Crippen MR) is 47.6 cm³/mol. The molecule has 0 bridgehead atoms. The maximum absolute atomic E-state index is 2.19. The van der Waals surface area contributed by atoms with Gasteiger partial charge >= 0.3 is 0 Å². The monoisotopic (exact) mass is 152 g/mol. The number of thioether (sulfide) groups is 1. The van der Waals surface area contributed by atoms with E-state index in [1.807, 2.05) is 11.8 Å². The van der Waals surface area contributed by atoms with E-state index in [2.05, 4.69) is 37.4 Å². The van der Waals surface area contributed by atoms with E-state index < -0.39 is 0 Å². The Kier molecular flexibility index (Phi) is 2.82. The van der Waals surface area contributed by atoms with Crippen LogP contribution in [0.25, 0.3) is 0 Å². The van der Waals surface area contributed by atoms with Crippen molar-refractivity contribution in [2.75, 3.05) is 6.26 Å². The second-order valence-electron chi connectivity index (χ2n) is 2.17. The Morgan fingerprint density at radius 3 is 2.50 bits per heavy atom. The predicted octanol–water partition coefficient (Wildman–Crippen LogP) is 2.97. The standard InChI is InChI=1S/C9H12S/c1-3-8-6-4-5-7-9(8)10-2/h4-7H,3H2,1-2H3. The van der Waals surface area contributed by atoms with Gasteiger partial charge in [-0.2, -0.15) is 0 Å². The van der Waals surface area contributed by atoms with Gasteiger partial charge in [-0.05, 0) is 24.3 Å². The van der Waals surface area contributed by atoms with Crippen molar-refractivity contribution >= 4 is 11.8 Å². The second kappa shape index (κ2) is 3.67. The first-order chi connectivity index (χ1) is 4.88. The van der Waals surface area contributed by atoms with Crippen LogP contribution < -0.4 is 0 Å². The van der Waals surface area contributed by atoms with Gasteiger partial charge in [0.15, 0.2) is 0 Å². The Hall–Kier alpha value is -0.430. The molecule has 0 aromatic heterocycles. The lowest BCUT2D eigenvalue weighted by Gasteiger charge is -2.01. The lowest BCUT2D eigenvalue weighted by Crippen LogP contribution is -1.81. The van der Waals surface area contributed by atoms with E-state index in [0.717, 1.165) is 6.42 Å². The van der Waals surface area contributed by atoms with E-state index in [0.29, 0.717) is 0 Å². The number of benzene rings is 1. The molecule has 1 aromatic carbocycles. The van der Waals surface area contributed by atoms with Crippen molar-refractivity contribution in [1.29, 1.82) is 0 Å². The highest BCUT2D eigenvalue weighted by molar-refractivity contribution is 7.98. The van der Waals surface area contributed by atoms with E-state index in [4.69, 9.17) is 0 Å². The Morgan fingerprint density at radius 1 is 1.30 bits per heavy atom. The molecule has 0 saturated heterocycles. The topological polar surface area (TPSA) is 0 Å². The third-order valence-corrected chi connectivity index (χ3v) is 2.41. The van der Waals surface area contributed by atoms with Gasteiger partial charge in [-0.3, -0.25) is 0 Å². The summed E-state index contributed by atoms with van der Waals surface area (Å²) < 4.78 is 0. The molecule has 0 spiro atoms. The van der Waals surface area contributed by atoms with Crippen LogP contribution in [0.2, 0.25) is 0 Å². The second-order valence-corrected chi connectivity index (χ2v) is 3.01. The van der Waals surface area contributed by atoms with Gasteiger partial charge in [0, 0.05) is 4.90 Å². The van der Waals surface area contributed by atoms with Gasteiger partial charge in [-0.1, -0.05) is 25.1 Å². The number of hydrogen-bond acceptors (Lipinski definition) is 1. The van der Waals surface area contributed by atoms with Gasteiger partial charge in [0.1, 0.15) is 0 Å². The average Bonchev–Trinajstić information content (AvgIpc) is 2.04. The summed E-state index contributed by atoms with van der Waals surface area (Å²) >= 11 is 1.82. The Morgan fingerprint density at radius 2 is 2.00 bits per heavy atom. The van der Waals surface area contributed by atoms with Gasteiger partial charge in [0.25, 0.3) is 0 Å². The van der Waals surface area contributed by atoms with Crippen LogP contribution in [0.3, 0.4) is 0 Å². The smallest absolute Gasteiger partial charge is 0.0101 e. The lowest BCUT2D eigenvalue weighted by molar-refractivity contribution is 1.08. The molecule has 0 radical (unpaired) electrons. The summed E-state index contributed by atoms with van der Waals surface area (Å²) in [6, 6.07) is 8.54. The minimum Gasteiger partial charge on any atom is -0.129 e. The van der Waals surface area contributed by atoms with Crippen LogP contribution in [0.4, 0.5) is 0 Å². The molecule has 0 fully saturated rings. The third kappa shape index (κ3) is 1.54. The van der Waals surface area contributed by atoms with Crippen LogP contribution in [0.15, 0.2) is 29.2 Å². The summed E-state index contributed by atoms with van der Waals surface area (Å²) in [6.07, 6.45) is 3.26. The maximum atomic E-state index is 2.19. The van der Waals surface area contributed by atoms with Crippen LogP contribution in [-0.4, -0.2) is 6.26 Å². The van der Waals surface area contributed by atoms with E-state index in [9.17, 15) is 0 Å². The van der Waals surface area contributed by atoms with Crippen molar-refractivity contribution in [3.8, 4) is 0 Å². The summed E-state index contributed by atoms with van der Waals surface area (Å²) in [7, 11) is 0. The largest absolute Gasteiger partial charge is 0.129 e. The third-order valence-electron chi connectivity index (χ3n) is 1.57. The molecule has 1 heteroatoms. The molecule has 0 nitrogen and oxygen atoms in total. The molecule has 1 rings (SSSR count). The normalized spacial score (nSPS) is 9.80. The number of aryl methyl sites for hydroxylation is 1. The fraction of sp³-hybridized carbons (Fsp3) is 0.333. The first-order valence-corrected chi connectivity index (χ1v) is 4.73. The highest BCUT2D eigenvalue weighted by Crippen LogP contribution is 2.19. The molecule has 10 heavy (non-hydrogen) atoms. The summed E-state index contributed by atoms with van der Waals surface area (Å²) in [4.78, 5) is 1.41. The maximum Gasteiger partial charge on any atom is 0.0101 e. The van der Waals surface area contributed by atoms with Crippen molar-refractivity contribution in [1.82, 2.24) is 0 Å². The number of hydrogen-bond donors (Lipinski definition) is 0. The molecule has 0 heterocycles. The highest BCUT2D eigenvalue weighted by atomic mass is 32.2. The van der Waals surface area contributed by atoms with Crippen LogP contribution in [0, 0.1) is 0 Å². The summed E-state index contributed by atoms with van der Waals surface area (Å²) in [6.45, 7) is 2.19. The van der Waals surface area contributed by atoms with E-state index >= 15 is 0 Å². The SMILES string of the molecule is CCc1ccccc1SC. The minimum absolute atomic E-state index is 1.14. The highest BCUT2D eigenvalue weighted by Gasteiger charge is 1.94. The zero-order valence-corrected chi connectivity index (χ0v) is 7.24. The molecule has 0 aliphatic carbocycles. The summed E-state index contributed by atoms with van der Waals surface area (Å²) in [5.41, 5.74) is 1.45. The average molecular weight is 152 g/mol. The van der Waals surface area contributed by atoms with Crippen LogP contribution >= 0.6 is 11.8 Å². The minimum atomic E-state index is 1.14. The first kappa shape index (κ1) is 7.67. The van der Waals surface area contributed by atoms with Gasteiger partial charge in [0.05, 0.1) is 0 Å². The molecule has 1 aromatic rings. The quantitative estimate of drug-likeness (QED) is 0.587. The Balaban J connectivity index is 2.96. The fourth-order valence-corrected chi connectivity index (χ4v) is 1.68. The van der Waals surface area contributed by atoms with E-state index in [1.54, 1.807) is 0 Å². The number of rotatable bonds is 2. The fourth-order valence-electron chi connectivity index (χ4n) is 0.995. The summed E-state index contributed by atoms with van der Waals surface area (Å²) in [5, 5.41) is 0. The Bertz CT molecular complexity index is 183. The zero-order chi connectivity index (χ0) is 7.40. The van der Waals surface area contributed by atoms with E-state index in [1.165, 1.54) is 10.5 Å².